The lowest BCUT2D eigenvalue weighted by Crippen LogP contribution is -2.38. The van der Waals surface area contributed by atoms with Gasteiger partial charge in [-0.05, 0) is 49.2 Å². The number of primary amides is 1. The van der Waals surface area contributed by atoms with Gasteiger partial charge in [-0.15, -0.1) is 0 Å². The van der Waals surface area contributed by atoms with E-state index in [1.54, 1.807) is 19.4 Å². The highest BCUT2D eigenvalue weighted by atomic mass is 19.1. The third kappa shape index (κ3) is 4.73. The summed E-state index contributed by atoms with van der Waals surface area (Å²) in [7, 11) is 1.58. The highest BCUT2D eigenvalue weighted by molar-refractivity contribution is 6.00. The van der Waals surface area contributed by atoms with E-state index >= 15 is 0 Å². The molecule has 36 heavy (non-hydrogen) atoms. The number of aliphatic hydroxyl groups excluding tert-OH is 1. The first-order valence-electron chi connectivity index (χ1n) is 11.5. The second-order valence-electron chi connectivity index (χ2n) is 8.57. The number of ether oxygens (including phenoxy) is 1. The van der Waals surface area contributed by atoms with Crippen molar-refractivity contribution in [3.63, 3.8) is 0 Å². The number of benzene rings is 2. The number of anilines is 5. The summed E-state index contributed by atoms with van der Waals surface area (Å²) in [5, 5.41) is 16.9. The van der Waals surface area contributed by atoms with Gasteiger partial charge >= 0.3 is 0 Å². The van der Waals surface area contributed by atoms with Crippen molar-refractivity contribution in [3.8, 4) is 5.75 Å². The van der Waals surface area contributed by atoms with E-state index in [4.69, 9.17) is 10.5 Å². The predicted octanol–water partition coefficient (Wildman–Crippen LogP) is 3.65. The van der Waals surface area contributed by atoms with Gasteiger partial charge in [0.05, 0.1) is 35.5 Å². The molecule has 3 heterocycles. The molecule has 10 nitrogen and oxygen atoms in total. The first-order valence-corrected chi connectivity index (χ1v) is 11.5. The lowest BCUT2D eigenvalue weighted by molar-refractivity contribution is 0.100. The summed E-state index contributed by atoms with van der Waals surface area (Å²) in [4.78, 5) is 26.1. The normalized spacial score (nSPS) is 15.6. The zero-order valence-corrected chi connectivity index (χ0v) is 19.6. The number of carbonyl (C=O) groups is 1. The number of fused-ring (bicyclic) bond motifs is 1. The Labute approximate surface area is 206 Å². The van der Waals surface area contributed by atoms with Crippen LogP contribution >= 0.6 is 0 Å². The number of nitrogens with two attached hydrogens (primary N) is 1. The SMILES string of the molecule is COc1cc(N2CCC[C@H](O)C2)ccc1Nc1nc(Nc2cc(F)ccc2C(N)=O)c2cc[nH]c2n1. The van der Waals surface area contributed by atoms with E-state index in [0.717, 1.165) is 25.1 Å². The van der Waals surface area contributed by atoms with Crippen molar-refractivity contribution in [3.05, 3.63) is 60.0 Å². The maximum atomic E-state index is 13.9. The molecule has 1 amide bonds. The van der Waals surface area contributed by atoms with Crippen LogP contribution in [0.25, 0.3) is 11.0 Å². The summed E-state index contributed by atoms with van der Waals surface area (Å²) in [5.74, 6) is -0.0235. The van der Waals surface area contributed by atoms with Crippen molar-refractivity contribution in [1.29, 1.82) is 0 Å². The van der Waals surface area contributed by atoms with E-state index in [1.807, 2.05) is 18.2 Å². The predicted molar refractivity (Wildman–Crippen MR) is 136 cm³/mol. The summed E-state index contributed by atoms with van der Waals surface area (Å²) >= 11 is 0. The van der Waals surface area contributed by atoms with Crippen LogP contribution in [0.4, 0.5) is 33.2 Å². The van der Waals surface area contributed by atoms with Gasteiger partial charge in [0.25, 0.3) is 5.91 Å². The monoisotopic (exact) mass is 491 g/mol. The molecule has 1 fully saturated rings. The Morgan fingerprint density at radius 1 is 1.19 bits per heavy atom. The zero-order chi connectivity index (χ0) is 25.2. The summed E-state index contributed by atoms with van der Waals surface area (Å²) in [5.41, 5.74) is 7.91. The number of amides is 1. The second kappa shape index (κ2) is 9.70. The van der Waals surface area contributed by atoms with Crippen LogP contribution in [0.2, 0.25) is 0 Å². The molecule has 0 unspecified atom stereocenters. The number of nitrogens with zero attached hydrogens (tertiary/aromatic N) is 3. The minimum absolute atomic E-state index is 0.133. The maximum Gasteiger partial charge on any atom is 0.250 e. The maximum absolute atomic E-state index is 13.9. The van der Waals surface area contributed by atoms with Gasteiger partial charge in [-0.2, -0.15) is 9.97 Å². The molecule has 0 saturated carbocycles. The quantitative estimate of drug-likeness (QED) is 0.264. The van der Waals surface area contributed by atoms with Gasteiger partial charge in [0, 0.05) is 31.0 Å². The van der Waals surface area contributed by atoms with Gasteiger partial charge in [-0.25, -0.2) is 4.39 Å². The Morgan fingerprint density at radius 2 is 2.06 bits per heavy atom. The fourth-order valence-electron chi connectivity index (χ4n) is 4.34. The largest absolute Gasteiger partial charge is 0.494 e. The second-order valence-corrected chi connectivity index (χ2v) is 8.57. The summed E-state index contributed by atoms with van der Waals surface area (Å²) < 4.78 is 19.5. The van der Waals surface area contributed by atoms with Crippen LogP contribution in [0.1, 0.15) is 23.2 Å². The van der Waals surface area contributed by atoms with Gasteiger partial charge < -0.3 is 36.1 Å². The molecule has 1 saturated heterocycles. The van der Waals surface area contributed by atoms with Crippen LogP contribution in [0.5, 0.6) is 5.75 Å². The van der Waals surface area contributed by atoms with E-state index in [-0.39, 0.29) is 23.3 Å². The van der Waals surface area contributed by atoms with Gasteiger partial charge in [0.2, 0.25) is 5.95 Å². The summed E-state index contributed by atoms with van der Waals surface area (Å²) in [6.45, 7) is 1.44. The molecule has 0 spiro atoms. The van der Waals surface area contributed by atoms with Crippen molar-refractivity contribution in [1.82, 2.24) is 15.0 Å². The number of nitrogens with one attached hydrogen (secondary N) is 3. The van der Waals surface area contributed by atoms with E-state index in [0.29, 0.717) is 34.8 Å². The Hall–Kier alpha value is -4.38. The Balaban J connectivity index is 1.47. The standard InChI is InChI=1S/C25H26FN7O3/c1-36-21-12-15(33-10-2-3-16(34)13-33)5-7-19(21)30-25-31-23-18(8-9-28-23)24(32-25)29-20-11-14(26)4-6-17(20)22(27)35/h4-9,11-12,16,34H,2-3,10,13H2,1H3,(H2,27,35)(H3,28,29,30,31,32)/t16-/m0/s1. The molecule has 5 rings (SSSR count). The van der Waals surface area contributed by atoms with Crippen molar-refractivity contribution >= 4 is 45.8 Å². The molecule has 2 aromatic heterocycles. The zero-order valence-electron chi connectivity index (χ0n) is 19.6. The lowest BCUT2D eigenvalue weighted by Gasteiger charge is -2.32. The van der Waals surface area contributed by atoms with Crippen molar-refractivity contribution in [2.45, 2.75) is 18.9 Å². The van der Waals surface area contributed by atoms with Crippen LogP contribution in [-0.4, -0.2) is 52.3 Å². The number of hydrogen-bond donors (Lipinski definition) is 5. The third-order valence-electron chi connectivity index (χ3n) is 6.11. The highest BCUT2D eigenvalue weighted by Gasteiger charge is 2.20. The van der Waals surface area contributed by atoms with Gasteiger partial charge in [0.15, 0.2) is 0 Å². The minimum atomic E-state index is -0.693. The van der Waals surface area contributed by atoms with Crippen LogP contribution in [-0.2, 0) is 0 Å². The van der Waals surface area contributed by atoms with Crippen molar-refractivity contribution in [2.24, 2.45) is 5.73 Å². The lowest BCUT2D eigenvalue weighted by atomic mass is 10.1. The van der Waals surface area contributed by atoms with Gasteiger partial charge in [0.1, 0.15) is 23.0 Å². The van der Waals surface area contributed by atoms with Crippen LogP contribution < -0.4 is 26.0 Å². The molecule has 2 aromatic carbocycles. The molecule has 1 atom stereocenters. The van der Waals surface area contributed by atoms with Crippen LogP contribution in [0.15, 0.2) is 48.7 Å². The molecule has 0 radical (unpaired) electrons. The first kappa shape index (κ1) is 23.4. The van der Waals surface area contributed by atoms with Crippen LogP contribution in [0, 0.1) is 5.82 Å². The molecule has 1 aliphatic heterocycles. The fraction of sp³-hybridized carbons (Fsp3) is 0.240. The molecule has 6 N–H and O–H groups in total. The van der Waals surface area contributed by atoms with Crippen LogP contribution in [0.3, 0.4) is 0 Å². The average molecular weight is 492 g/mol. The number of hydrogen-bond acceptors (Lipinski definition) is 8. The number of β-amino-alcohol motifs (C(OH)–C–C–N with tert-alkyl or cyclic N) is 1. The van der Waals surface area contributed by atoms with E-state index in [1.165, 1.54) is 18.2 Å². The molecule has 4 aromatic rings. The number of aliphatic hydroxyl groups is 1. The average Bonchev–Trinajstić information content (AvgIpc) is 3.33. The molecular formula is C25H26FN7O3. The van der Waals surface area contributed by atoms with E-state index in [2.05, 4.69) is 30.5 Å². The van der Waals surface area contributed by atoms with Crippen molar-refractivity contribution < 1.29 is 19.0 Å². The number of H-pyrrole nitrogens is 1. The Bertz CT molecular complexity index is 1420. The topological polar surface area (TPSA) is 141 Å². The molecular weight excluding hydrogens is 465 g/mol. The van der Waals surface area contributed by atoms with E-state index in [9.17, 15) is 14.3 Å². The summed E-state index contributed by atoms with van der Waals surface area (Å²) in [6, 6.07) is 11.2. The number of aromatic amines is 1. The number of piperidine rings is 1. The number of aromatic nitrogens is 3. The summed E-state index contributed by atoms with van der Waals surface area (Å²) in [6.07, 6.45) is 3.09. The first-order chi connectivity index (χ1) is 17.4. The van der Waals surface area contributed by atoms with Gasteiger partial charge in [-0.1, -0.05) is 0 Å². The third-order valence-corrected chi connectivity index (χ3v) is 6.11. The Kier molecular flexibility index (Phi) is 6.30. The molecule has 0 bridgehead atoms. The number of carbonyl (C=O) groups excluding carboxylic acids is 1. The molecule has 1 aliphatic rings. The van der Waals surface area contributed by atoms with E-state index < -0.39 is 11.7 Å². The van der Waals surface area contributed by atoms with Gasteiger partial charge in [-0.3, -0.25) is 4.79 Å². The molecule has 186 valence electrons. The molecule has 0 aliphatic carbocycles. The highest BCUT2D eigenvalue weighted by Crippen LogP contribution is 2.34. The smallest absolute Gasteiger partial charge is 0.250 e. The number of methoxy groups -OCH3 is 1. The minimum Gasteiger partial charge on any atom is -0.494 e. The van der Waals surface area contributed by atoms with Crippen molar-refractivity contribution in [2.75, 3.05) is 35.7 Å². The number of halogens is 1. The fourth-order valence-corrected chi connectivity index (χ4v) is 4.34. The number of rotatable bonds is 7. The molecule has 11 heteroatoms. The Morgan fingerprint density at radius 3 is 2.83 bits per heavy atom.